The molecular weight excluding hydrogens is 329 g/mol. The van der Waals surface area contributed by atoms with Crippen LogP contribution in [0.4, 0.5) is 14.9 Å². The smallest absolute Gasteiger partial charge is 0.315 e. The number of carbonyl (C=O) groups excluding carboxylic acids is 1. The molecule has 0 aromatic heterocycles. The second-order valence-corrected chi connectivity index (χ2v) is 5.70. The summed E-state index contributed by atoms with van der Waals surface area (Å²) >= 11 is 0. The van der Waals surface area contributed by atoms with Crippen molar-refractivity contribution in [3.8, 4) is 0 Å². The SMILES string of the molecule is C[C@](O)(CNC(=O)NCc1ccccc1[N+](=O)[O-])c1ccc(F)cc1. The van der Waals surface area contributed by atoms with Crippen LogP contribution >= 0.6 is 0 Å². The second-order valence-electron chi connectivity index (χ2n) is 5.70. The lowest BCUT2D eigenvalue weighted by atomic mass is 9.96. The Labute approximate surface area is 143 Å². The van der Waals surface area contributed by atoms with Gasteiger partial charge in [0.15, 0.2) is 0 Å². The third-order valence-corrected chi connectivity index (χ3v) is 3.69. The number of hydrogen-bond acceptors (Lipinski definition) is 4. The molecule has 1 atom stereocenters. The number of carbonyl (C=O) groups is 1. The Kier molecular flexibility index (Phi) is 5.66. The van der Waals surface area contributed by atoms with Gasteiger partial charge in [-0.05, 0) is 24.6 Å². The summed E-state index contributed by atoms with van der Waals surface area (Å²) in [6, 6.07) is 10.8. The fraction of sp³-hybridized carbons (Fsp3) is 0.235. The second kappa shape index (κ2) is 7.71. The Balaban J connectivity index is 1.90. The van der Waals surface area contributed by atoms with E-state index in [9.17, 15) is 24.4 Å². The molecular formula is C17H18FN3O4. The van der Waals surface area contributed by atoms with Crippen molar-refractivity contribution in [2.75, 3.05) is 6.54 Å². The molecule has 0 unspecified atom stereocenters. The number of para-hydroxylation sites is 1. The van der Waals surface area contributed by atoms with E-state index >= 15 is 0 Å². The van der Waals surface area contributed by atoms with Gasteiger partial charge in [0.05, 0.1) is 18.0 Å². The molecule has 132 valence electrons. The monoisotopic (exact) mass is 347 g/mol. The molecule has 8 heteroatoms. The minimum absolute atomic E-state index is 0.0261. The number of urea groups is 1. The summed E-state index contributed by atoms with van der Waals surface area (Å²) < 4.78 is 12.9. The van der Waals surface area contributed by atoms with Gasteiger partial charge < -0.3 is 15.7 Å². The van der Waals surface area contributed by atoms with Gasteiger partial charge in [-0.1, -0.05) is 30.3 Å². The molecule has 0 aliphatic rings. The number of amides is 2. The van der Waals surface area contributed by atoms with Gasteiger partial charge in [-0.2, -0.15) is 0 Å². The lowest BCUT2D eigenvalue weighted by molar-refractivity contribution is -0.385. The van der Waals surface area contributed by atoms with Crippen molar-refractivity contribution in [3.63, 3.8) is 0 Å². The van der Waals surface area contributed by atoms with Crippen molar-refractivity contribution in [1.82, 2.24) is 10.6 Å². The van der Waals surface area contributed by atoms with Crippen LogP contribution in [0.5, 0.6) is 0 Å². The summed E-state index contributed by atoms with van der Waals surface area (Å²) in [5.41, 5.74) is -0.647. The summed E-state index contributed by atoms with van der Waals surface area (Å²) in [4.78, 5) is 22.3. The quantitative estimate of drug-likeness (QED) is 0.551. The molecule has 2 rings (SSSR count). The maximum atomic E-state index is 12.9. The molecule has 0 aliphatic carbocycles. The molecule has 7 nitrogen and oxygen atoms in total. The average Bonchev–Trinajstić information content (AvgIpc) is 2.59. The molecule has 0 aliphatic heterocycles. The fourth-order valence-corrected chi connectivity index (χ4v) is 2.24. The van der Waals surface area contributed by atoms with E-state index in [-0.39, 0.29) is 18.8 Å². The zero-order valence-electron chi connectivity index (χ0n) is 13.5. The first-order valence-electron chi connectivity index (χ1n) is 7.52. The zero-order chi connectivity index (χ0) is 18.4. The standard InChI is InChI=1S/C17H18FN3O4/c1-17(23,13-6-8-14(18)9-7-13)11-20-16(22)19-10-12-4-2-3-5-15(12)21(24)25/h2-9,23H,10-11H2,1H3,(H2,19,20,22)/t17-/m0/s1. The van der Waals surface area contributed by atoms with Crippen LogP contribution in [0.15, 0.2) is 48.5 Å². The summed E-state index contributed by atoms with van der Waals surface area (Å²) in [6.45, 7) is 1.35. The molecule has 2 aromatic carbocycles. The first kappa shape index (κ1) is 18.3. The van der Waals surface area contributed by atoms with Crippen LogP contribution in [0.2, 0.25) is 0 Å². The van der Waals surface area contributed by atoms with Crippen molar-refractivity contribution in [1.29, 1.82) is 0 Å². The van der Waals surface area contributed by atoms with Gasteiger partial charge in [0, 0.05) is 11.6 Å². The zero-order valence-corrected chi connectivity index (χ0v) is 13.5. The highest BCUT2D eigenvalue weighted by Crippen LogP contribution is 2.20. The summed E-state index contributed by atoms with van der Waals surface area (Å²) in [5, 5.41) is 26.3. The largest absolute Gasteiger partial charge is 0.384 e. The molecule has 2 aromatic rings. The van der Waals surface area contributed by atoms with E-state index in [2.05, 4.69) is 10.6 Å². The van der Waals surface area contributed by atoms with Crippen LogP contribution in [-0.2, 0) is 12.1 Å². The Morgan fingerprint density at radius 3 is 2.48 bits per heavy atom. The Bertz CT molecular complexity index is 763. The summed E-state index contributed by atoms with van der Waals surface area (Å²) in [5.74, 6) is -0.422. The minimum Gasteiger partial charge on any atom is -0.384 e. The number of nitro benzene ring substituents is 1. The van der Waals surface area contributed by atoms with Gasteiger partial charge in [-0.15, -0.1) is 0 Å². The van der Waals surface area contributed by atoms with E-state index < -0.39 is 22.4 Å². The Hall–Kier alpha value is -3.00. The molecule has 0 saturated carbocycles. The highest BCUT2D eigenvalue weighted by Gasteiger charge is 2.24. The van der Waals surface area contributed by atoms with Crippen molar-refractivity contribution in [3.05, 3.63) is 75.6 Å². The van der Waals surface area contributed by atoms with Crippen molar-refractivity contribution in [2.24, 2.45) is 0 Å². The van der Waals surface area contributed by atoms with Gasteiger partial charge in [0.1, 0.15) is 11.4 Å². The number of nitrogens with zero attached hydrogens (tertiary/aromatic N) is 1. The Morgan fingerprint density at radius 2 is 1.84 bits per heavy atom. The summed E-state index contributed by atoms with van der Waals surface area (Å²) in [6.07, 6.45) is 0. The van der Waals surface area contributed by atoms with Gasteiger partial charge in [-0.25, -0.2) is 9.18 Å². The Morgan fingerprint density at radius 1 is 1.20 bits per heavy atom. The van der Waals surface area contributed by atoms with Crippen LogP contribution in [0, 0.1) is 15.9 Å². The molecule has 3 N–H and O–H groups in total. The van der Waals surface area contributed by atoms with E-state index in [1.807, 2.05) is 0 Å². The third kappa shape index (κ3) is 4.98. The first-order chi connectivity index (χ1) is 11.8. The minimum atomic E-state index is -1.39. The van der Waals surface area contributed by atoms with E-state index in [0.717, 1.165) is 0 Å². The van der Waals surface area contributed by atoms with E-state index in [0.29, 0.717) is 11.1 Å². The topological polar surface area (TPSA) is 104 Å². The van der Waals surface area contributed by atoms with Crippen molar-refractivity contribution < 1.29 is 19.2 Å². The molecule has 2 amide bonds. The normalized spacial score (nSPS) is 12.9. The highest BCUT2D eigenvalue weighted by molar-refractivity contribution is 5.74. The van der Waals surface area contributed by atoms with Crippen LogP contribution in [0.1, 0.15) is 18.1 Å². The first-order valence-corrected chi connectivity index (χ1v) is 7.52. The van der Waals surface area contributed by atoms with Gasteiger partial charge in [-0.3, -0.25) is 10.1 Å². The number of rotatable bonds is 6. The van der Waals surface area contributed by atoms with Crippen molar-refractivity contribution >= 4 is 11.7 Å². The average molecular weight is 347 g/mol. The van der Waals surface area contributed by atoms with Crippen LogP contribution in [0.3, 0.4) is 0 Å². The van der Waals surface area contributed by atoms with E-state index in [1.165, 1.54) is 37.3 Å². The van der Waals surface area contributed by atoms with Gasteiger partial charge in [0.2, 0.25) is 0 Å². The predicted octanol–water partition coefficient (Wildman–Crippen LogP) is 2.44. The van der Waals surface area contributed by atoms with Crippen LogP contribution in [0.25, 0.3) is 0 Å². The third-order valence-electron chi connectivity index (χ3n) is 3.69. The maximum Gasteiger partial charge on any atom is 0.315 e. The van der Waals surface area contributed by atoms with E-state index in [4.69, 9.17) is 0 Å². The molecule has 0 bridgehead atoms. The molecule has 0 fully saturated rings. The lowest BCUT2D eigenvalue weighted by Crippen LogP contribution is -2.43. The molecule has 25 heavy (non-hydrogen) atoms. The summed E-state index contributed by atoms with van der Waals surface area (Å²) in [7, 11) is 0. The van der Waals surface area contributed by atoms with Gasteiger partial charge >= 0.3 is 6.03 Å². The van der Waals surface area contributed by atoms with Crippen LogP contribution < -0.4 is 10.6 Å². The molecule has 0 saturated heterocycles. The number of nitro groups is 1. The molecule has 0 radical (unpaired) electrons. The number of aliphatic hydroxyl groups is 1. The van der Waals surface area contributed by atoms with E-state index in [1.54, 1.807) is 18.2 Å². The lowest BCUT2D eigenvalue weighted by Gasteiger charge is -2.24. The van der Waals surface area contributed by atoms with Gasteiger partial charge in [0.25, 0.3) is 5.69 Å². The number of nitrogens with one attached hydrogen (secondary N) is 2. The number of hydrogen-bond donors (Lipinski definition) is 3. The maximum absolute atomic E-state index is 12.9. The van der Waals surface area contributed by atoms with Crippen molar-refractivity contribution in [2.45, 2.75) is 19.1 Å². The molecule has 0 spiro atoms. The van der Waals surface area contributed by atoms with Crippen LogP contribution in [-0.4, -0.2) is 22.6 Å². The highest BCUT2D eigenvalue weighted by atomic mass is 19.1. The predicted molar refractivity (Wildman–Crippen MR) is 89.3 cm³/mol. The molecule has 0 heterocycles. The number of halogens is 1. The number of benzene rings is 2. The fourth-order valence-electron chi connectivity index (χ4n) is 2.24.